The minimum Gasteiger partial charge on any atom is -0.302 e. The number of aromatic nitrogens is 1. The molecule has 2 heterocycles. The van der Waals surface area contributed by atoms with Crippen LogP contribution in [0.4, 0.5) is 19.6 Å². The first-order valence-corrected chi connectivity index (χ1v) is 11.9. The summed E-state index contributed by atoms with van der Waals surface area (Å²) in [5.74, 6) is -2.53. The molecule has 1 aliphatic rings. The zero-order chi connectivity index (χ0) is 24.4. The third-order valence-electron chi connectivity index (χ3n) is 5.82. The number of nitrogens with zero attached hydrogens (tertiary/aromatic N) is 4. The van der Waals surface area contributed by atoms with E-state index in [4.69, 9.17) is 0 Å². The Morgan fingerprint density at radius 3 is 2.44 bits per heavy atom. The normalized spacial score (nSPS) is 14.0. The van der Waals surface area contributed by atoms with Crippen molar-refractivity contribution in [1.29, 1.82) is 0 Å². The molecule has 0 unspecified atom stereocenters. The Morgan fingerprint density at radius 2 is 1.76 bits per heavy atom. The predicted molar refractivity (Wildman–Crippen MR) is 127 cm³/mol. The number of likely N-dealkylation sites (N-methyl/N-ethyl adjacent to an activating group) is 1. The van der Waals surface area contributed by atoms with Gasteiger partial charge in [-0.1, -0.05) is 31.3 Å². The van der Waals surface area contributed by atoms with Crippen LogP contribution in [0.15, 0.2) is 36.4 Å². The molecule has 4 rings (SSSR count). The van der Waals surface area contributed by atoms with E-state index in [0.29, 0.717) is 16.9 Å². The molecule has 178 valence electrons. The summed E-state index contributed by atoms with van der Waals surface area (Å²) in [7, 11) is 0. The average Bonchev–Trinajstić information content (AvgIpc) is 3.39. The molecule has 0 bridgehead atoms. The first-order chi connectivity index (χ1) is 16.3. The smallest absolute Gasteiger partial charge is 0.260 e. The van der Waals surface area contributed by atoms with E-state index in [1.54, 1.807) is 18.2 Å². The predicted octanol–water partition coefficient (Wildman–Crippen LogP) is 4.22. The number of imide groups is 1. The molecule has 3 aromatic rings. The van der Waals surface area contributed by atoms with E-state index >= 15 is 0 Å². The highest BCUT2D eigenvalue weighted by atomic mass is 32.1. The maximum Gasteiger partial charge on any atom is 0.260 e. The van der Waals surface area contributed by atoms with E-state index in [-0.39, 0.29) is 47.4 Å². The molecule has 0 atom stereocenters. The zero-order valence-corrected chi connectivity index (χ0v) is 19.7. The number of amides is 3. The van der Waals surface area contributed by atoms with Gasteiger partial charge in [0.15, 0.2) is 10.9 Å². The van der Waals surface area contributed by atoms with Crippen LogP contribution in [-0.4, -0.2) is 53.8 Å². The third kappa shape index (κ3) is 4.69. The average molecular weight is 487 g/mol. The number of carbonyl (C=O) groups is 3. The highest BCUT2D eigenvalue weighted by molar-refractivity contribution is 7.22. The number of fused-ring (bicyclic) bond motifs is 1. The van der Waals surface area contributed by atoms with Gasteiger partial charge in [-0.15, -0.1) is 0 Å². The van der Waals surface area contributed by atoms with Crippen molar-refractivity contribution in [2.24, 2.45) is 0 Å². The molecule has 1 aliphatic heterocycles. The number of halogens is 2. The van der Waals surface area contributed by atoms with E-state index in [2.05, 4.69) is 9.88 Å². The van der Waals surface area contributed by atoms with E-state index in [9.17, 15) is 23.2 Å². The fourth-order valence-electron chi connectivity index (χ4n) is 3.92. The summed E-state index contributed by atoms with van der Waals surface area (Å²) in [6, 6.07) is 8.26. The van der Waals surface area contributed by atoms with Gasteiger partial charge in [-0.2, -0.15) is 0 Å². The minimum absolute atomic E-state index is 0.00375. The van der Waals surface area contributed by atoms with Crippen molar-refractivity contribution in [2.75, 3.05) is 36.0 Å². The Morgan fingerprint density at radius 1 is 1.06 bits per heavy atom. The number of carbonyl (C=O) groups excluding carboxylic acids is 3. The lowest BCUT2D eigenvalue weighted by Gasteiger charge is -2.25. The van der Waals surface area contributed by atoms with Gasteiger partial charge in [0.1, 0.15) is 11.3 Å². The molecule has 0 radical (unpaired) electrons. The van der Waals surface area contributed by atoms with Crippen molar-refractivity contribution in [1.82, 2.24) is 9.88 Å². The van der Waals surface area contributed by atoms with E-state index in [1.165, 1.54) is 17.0 Å². The van der Waals surface area contributed by atoms with Gasteiger partial charge in [-0.25, -0.2) is 13.8 Å². The monoisotopic (exact) mass is 486 g/mol. The quantitative estimate of drug-likeness (QED) is 0.446. The molecular weight excluding hydrogens is 462 g/mol. The van der Waals surface area contributed by atoms with Crippen molar-refractivity contribution in [3.05, 3.63) is 53.6 Å². The van der Waals surface area contributed by atoms with E-state index < -0.39 is 17.5 Å². The molecule has 10 heteroatoms. The Bertz CT molecular complexity index is 1240. The number of anilines is 2. The SMILES string of the molecule is CCN(CC)CCN(C(=O)c1cccc(N2C(=O)CCC2=O)c1)c1nc2c(F)cc(F)cc2s1. The topological polar surface area (TPSA) is 73.8 Å². The van der Waals surface area contributed by atoms with E-state index in [0.717, 1.165) is 35.4 Å². The molecule has 1 aromatic heterocycles. The molecule has 0 spiro atoms. The molecule has 34 heavy (non-hydrogen) atoms. The summed E-state index contributed by atoms with van der Waals surface area (Å²) in [4.78, 5) is 46.9. The number of hydrogen-bond donors (Lipinski definition) is 0. The maximum absolute atomic E-state index is 14.3. The van der Waals surface area contributed by atoms with E-state index in [1.807, 2.05) is 13.8 Å². The van der Waals surface area contributed by atoms with Crippen molar-refractivity contribution in [2.45, 2.75) is 26.7 Å². The molecular formula is C24H24F2N4O3S. The lowest BCUT2D eigenvalue weighted by molar-refractivity contribution is -0.121. The molecule has 7 nitrogen and oxygen atoms in total. The van der Waals surface area contributed by atoms with Gasteiger partial charge in [-0.05, 0) is 37.4 Å². The van der Waals surface area contributed by atoms with Crippen LogP contribution >= 0.6 is 11.3 Å². The van der Waals surface area contributed by atoms with Gasteiger partial charge >= 0.3 is 0 Å². The third-order valence-corrected chi connectivity index (χ3v) is 6.84. The van der Waals surface area contributed by atoms with Crippen LogP contribution in [0, 0.1) is 11.6 Å². The first kappa shape index (κ1) is 23.9. The second kappa shape index (κ2) is 9.94. The summed E-state index contributed by atoms with van der Waals surface area (Å²) in [5, 5.41) is 0.246. The molecule has 0 saturated carbocycles. The Hall–Kier alpha value is -3.24. The van der Waals surface area contributed by atoms with Gasteiger partial charge in [0, 0.05) is 37.6 Å². The number of rotatable bonds is 8. The van der Waals surface area contributed by atoms with Gasteiger partial charge in [0.2, 0.25) is 11.8 Å². The van der Waals surface area contributed by atoms with Crippen LogP contribution in [0.5, 0.6) is 0 Å². The Kier molecular flexibility index (Phi) is 6.99. The molecule has 0 N–H and O–H groups in total. The lowest BCUT2D eigenvalue weighted by atomic mass is 10.1. The van der Waals surface area contributed by atoms with Crippen molar-refractivity contribution < 1.29 is 23.2 Å². The highest BCUT2D eigenvalue weighted by Crippen LogP contribution is 2.32. The van der Waals surface area contributed by atoms with Gasteiger partial charge in [-0.3, -0.25) is 24.2 Å². The summed E-state index contributed by atoms with van der Waals surface area (Å²) >= 11 is 1.03. The van der Waals surface area contributed by atoms with Gasteiger partial charge in [0.05, 0.1) is 10.4 Å². The fraction of sp³-hybridized carbons (Fsp3) is 0.333. The number of benzene rings is 2. The molecule has 1 saturated heterocycles. The highest BCUT2D eigenvalue weighted by Gasteiger charge is 2.31. The van der Waals surface area contributed by atoms with Crippen molar-refractivity contribution in [3.63, 3.8) is 0 Å². The number of hydrogen-bond acceptors (Lipinski definition) is 6. The lowest BCUT2D eigenvalue weighted by Crippen LogP contribution is -2.39. The molecule has 1 fully saturated rings. The Labute approximate surface area is 199 Å². The summed E-state index contributed by atoms with van der Waals surface area (Å²) in [5.41, 5.74) is 0.596. The van der Waals surface area contributed by atoms with Crippen molar-refractivity contribution in [3.8, 4) is 0 Å². The number of thiazole rings is 1. The fourth-order valence-corrected chi connectivity index (χ4v) is 4.95. The van der Waals surface area contributed by atoms with Gasteiger partial charge < -0.3 is 4.90 Å². The first-order valence-electron chi connectivity index (χ1n) is 11.1. The van der Waals surface area contributed by atoms with Crippen LogP contribution < -0.4 is 9.80 Å². The largest absolute Gasteiger partial charge is 0.302 e. The minimum atomic E-state index is -0.790. The zero-order valence-electron chi connectivity index (χ0n) is 18.9. The van der Waals surface area contributed by atoms with Crippen LogP contribution in [0.1, 0.15) is 37.0 Å². The maximum atomic E-state index is 14.3. The second-order valence-corrected chi connectivity index (χ2v) is 8.90. The van der Waals surface area contributed by atoms with Crippen LogP contribution in [0.2, 0.25) is 0 Å². The van der Waals surface area contributed by atoms with Crippen molar-refractivity contribution >= 4 is 50.1 Å². The summed E-state index contributed by atoms with van der Waals surface area (Å²) in [6.07, 6.45) is 0.279. The standard InChI is InChI=1S/C24H24F2N4O3S/c1-3-28(4-2)10-11-29(24-27-22-18(26)13-16(25)14-19(22)34-24)23(33)15-6-5-7-17(12-15)30-20(31)8-9-21(30)32/h5-7,12-14H,3-4,8-11H2,1-2H3. The second-order valence-electron chi connectivity index (χ2n) is 7.89. The van der Waals surface area contributed by atoms with Crippen LogP contribution in [0.25, 0.3) is 10.2 Å². The Balaban J connectivity index is 1.71. The summed E-state index contributed by atoms with van der Waals surface area (Å²) < 4.78 is 28.3. The van der Waals surface area contributed by atoms with Crippen LogP contribution in [-0.2, 0) is 9.59 Å². The van der Waals surface area contributed by atoms with Crippen LogP contribution in [0.3, 0.4) is 0 Å². The molecule has 0 aliphatic carbocycles. The van der Waals surface area contributed by atoms with Gasteiger partial charge in [0.25, 0.3) is 5.91 Å². The molecule has 3 amide bonds. The summed E-state index contributed by atoms with van der Waals surface area (Å²) in [6.45, 7) is 6.42. The molecule has 2 aromatic carbocycles.